The molecule has 2 aromatic carbocycles. The van der Waals surface area contributed by atoms with Crippen LogP contribution in [0, 0.1) is 5.82 Å². The maximum absolute atomic E-state index is 13.3. The normalized spacial score (nSPS) is 10.0. The van der Waals surface area contributed by atoms with Gasteiger partial charge < -0.3 is 15.8 Å². The van der Waals surface area contributed by atoms with Crippen LogP contribution in [0.1, 0.15) is 15.9 Å². The van der Waals surface area contributed by atoms with Crippen LogP contribution in [0.4, 0.5) is 4.39 Å². The van der Waals surface area contributed by atoms with E-state index in [0.29, 0.717) is 5.56 Å². The summed E-state index contributed by atoms with van der Waals surface area (Å²) in [5.41, 5.74) is 6.28. The summed E-state index contributed by atoms with van der Waals surface area (Å²) in [6.07, 6.45) is 0. The Balaban J connectivity index is 1.84. The number of nitrogens with two attached hydrogens (primary N) is 1. The number of amides is 2. The van der Waals surface area contributed by atoms with Crippen LogP contribution in [-0.2, 0) is 11.3 Å². The molecule has 0 aliphatic rings. The zero-order chi connectivity index (χ0) is 15.9. The number of halogens is 1. The molecule has 0 aliphatic heterocycles. The van der Waals surface area contributed by atoms with Gasteiger partial charge in [0.25, 0.3) is 5.91 Å². The second-order valence-electron chi connectivity index (χ2n) is 4.56. The van der Waals surface area contributed by atoms with E-state index < -0.39 is 17.6 Å². The van der Waals surface area contributed by atoms with E-state index in [1.807, 2.05) is 0 Å². The van der Waals surface area contributed by atoms with Crippen molar-refractivity contribution in [2.24, 2.45) is 5.73 Å². The van der Waals surface area contributed by atoms with Gasteiger partial charge in [-0.05, 0) is 29.8 Å². The van der Waals surface area contributed by atoms with Crippen LogP contribution in [0.2, 0.25) is 0 Å². The molecule has 0 atom stereocenters. The number of hydrogen-bond donors (Lipinski definition) is 2. The van der Waals surface area contributed by atoms with Gasteiger partial charge in [-0.3, -0.25) is 9.59 Å². The first-order chi connectivity index (χ1) is 10.6. The average Bonchev–Trinajstić information content (AvgIpc) is 2.52. The predicted molar refractivity (Wildman–Crippen MR) is 78.7 cm³/mol. The van der Waals surface area contributed by atoms with Gasteiger partial charge in [0.2, 0.25) is 5.91 Å². The first-order valence-corrected chi connectivity index (χ1v) is 6.59. The number of carbonyl (C=O) groups is 2. The molecule has 0 radical (unpaired) electrons. The van der Waals surface area contributed by atoms with E-state index in [1.54, 1.807) is 30.3 Å². The Bertz CT molecular complexity index is 689. The van der Waals surface area contributed by atoms with Crippen LogP contribution in [0.3, 0.4) is 0 Å². The zero-order valence-corrected chi connectivity index (χ0v) is 11.7. The molecule has 0 bridgehead atoms. The first-order valence-electron chi connectivity index (χ1n) is 6.59. The second kappa shape index (κ2) is 7.21. The summed E-state index contributed by atoms with van der Waals surface area (Å²) in [5.74, 6) is -1.43. The maximum Gasteiger partial charge on any atom is 0.258 e. The summed E-state index contributed by atoms with van der Waals surface area (Å²) in [7, 11) is 0. The van der Waals surface area contributed by atoms with E-state index in [0.717, 1.165) is 5.56 Å². The third kappa shape index (κ3) is 4.31. The fraction of sp³-hybridized carbons (Fsp3) is 0.125. The summed E-state index contributed by atoms with van der Waals surface area (Å²) < 4.78 is 18.4. The molecular formula is C16H15FN2O3. The van der Waals surface area contributed by atoms with Crippen LogP contribution >= 0.6 is 0 Å². The van der Waals surface area contributed by atoms with Gasteiger partial charge in [0.1, 0.15) is 0 Å². The largest absolute Gasteiger partial charge is 0.481 e. The van der Waals surface area contributed by atoms with Crippen molar-refractivity contribution in [3.8, 4) is 5.75 Å². The Morgan fingerprint density at radius 2 is 1.91 bits per heavy atom. The van der Waals surface area contributed by atoms with Crippen molar-refractivity contribution in [2.45, 2.75) is 6.54 Å². The van der Waals surface area contributed by atoms with Gasteiger partial charge in [0.15, 0.2) is 18.2 Å². The van der Waals surface area contributed by atoms with E-state index in [4.69, 9.17) is 10.5 Å². The van der Waals surface area contributed by atoms with Crippen molar-refractivity contribution in [3.63, 3.8) is 0 Å². The van der Waals surface area contributed by atoms with Crippen molar-refractivity contribution < 1.29 is 18.7 Å². The van der Waals surface area contributed by atoms with Crippen LogP contribution in [0.5, 0.6) is 5.75 Å². The Labute approximate surface area is 126 Å². The summed E-state index contributed by atoms with van der Waals surface area (Å²) in [6.45, 7) is -0.0724. The summed E-state index contributed by atoms with van der Waals surface area (Å²) >= 11 is 0. The Hall–Kier alpha value is -2.89. The van der Waals surface area contributed by atoms with E-state index in [-0.39, 0.29) is 18.9 Å². The minimum atomic E-state index is -0.531. The standard InChI is InChI=1S/C16H15FN2O3/c17-13-6-1-2-7-14(13)22-10-15(20)19-9-11-4-3-5-12(8-11)16(18)21/h1-8H,9-10H2,(H2,18,21)(H,19,20). The molecule has 6 heteroatoms. The lowest BCUT2D eigenvalue weighted by Crippen LogP contribution is -2.28. The fourth-order valence-electron chi connectivity index (χ4n) is 1.79. The van der Waals surface area contributed by atoms with E-state index >= 15 is 0 Å². The SMILES string of the molecule is NC(=O)c1cccc(CNC(=O)COc2ccccc2F)c1. The molecular weight excluding hydrogens is 287 g/mol. The summed E-state index contributed by atoms with van der Waals surface area (Å²) in [5, 5.41) is 2.62. The third-order valence-corrected chi connectivity index (χ3v) is 2.90. The van der Waals surface area contributed by atoms with Crippen molar-refractivity contribution in [1.29, 1.82) is 0 Å². The van der Waals surface area contributed by atoms with Crippen LogP contribution in [0.15, 0.2) is 48.5 Å². The topological polar surface area (TPSA) is 81.4 Å². The predicted octanol–water partition coefficient (Wildman–Crippen LogP) is 1.62. The maximum atomic E-state index is 13.3. The van der Waals surface area contributed by atoms with Gasteiger partial charge >= 0.3 is 0 Å². The number of para-hydroxylation sites is 1. The van der Waals surface area contributed by atoms with Crippen LogP contribution < -0.4 is 15.8 Å². The summed E-state index contributed by atoms with van der Waals surface area (Å²) in [6, 6.07) is 12.5. The highest BCUT2D eigenvalue weighted by Crippen LogP contribution is 2.14. The van der Waals surface area contributed by atoms with Gasteiger partial charge in [-0.25, -0.2) is 4.39 Å². The van der Waals surface area contributed by atoms with Crippen molar-refractivity contribution in [2.75, 3.05) is 6.61 Å². The minimum absolute atomic E-state index is 0.0216. The van der Waals surface area contributed by atoms with Crippen molar-refractivity contribution in [3.05, 3.63) is 65.5 Å². The molecule has 3 N–H and O–H groups in total. The lowest BCUT2D eigenvalue weighted by molar-refractivity contribution is -0.123. The number of hydrogen-bond acceptors (Lipinski definition) is 3. The Kier molecular flexibility index (Phi) is 5.08. The van der Waals surface area contributed by atoms with Crippen LogP contribution in [-0.4, -0.2) is 18.4 Å². The van der Waals surface area contributed by atoms with Gasteiger partial charge in [-0.1, -0.05) is 24.3 Å². The Morgan fingerprint density at radius 3 is 2.64 bits per heavy atom. The second-order valence-corrected chi connectivity index (χ2v) is 4.56. The molecule has 2 rings (SSSR count). The van der Waals surface area contributed by atoms with E-state index in [2.05, 4.69) is 5.32 Å². The highest BCUT2D eigenvalue weighted by atomic mass is 19.1. The smallest absolute Gasteiger partial charge is 0.258 e. The quantitative estimate of drug-likeness (QED) is 0.850. The van der Waals surface area contributed by atoms with Crippen molar-refractivity contribution in [1.82, 2.24) is 5.32 Å². The van der Waals surface area contributed by atoms with Crippen LogP contribution in [0.25, 0.3) is 0 Å². The first kappa shape index (κ1) is 15.5. The van der Waals surface area contributed by atoms with E-state index in [9.17, 15) is 14.0 Å². The molecule has 0 heterocycles. The molecule has 0 aliphatic carbocycles. The lowest BCUT2D eigenvalue weighted by Gasteiger charge is -2.08. The molecule has 2 amide bonds. The third-order valence-electron chi connectivity index (χ3n) is 2.90. The van der Waals surface area contributed by atoms with E-state index in [1.165, 1.54) is 18.2 Å². The van der Waals surface area contributed by atoms with Crippen molar-refractivity contribution >= 4 is 11.8 Å². The number of rotatable bonds is 6. The number of benzene rings is 2. The molecule has 0 fully saturated rings. The average molecular weight is 302 g/mol. The monoisotopic (exact) mass is 302 g/mol. The fourth-order valence-corrected chi connectivity index (χ4v) is 1.79. The highest BCUT2D eigenvalue weighted by molar-refractivity contribution is 5.92. The highest BCUT2D eigenvalue weighted by Gasteiger charge is 2.07. The molecule has 2 aromatic rings. The molecule has 114 valence electrons. The van der Waals surface area contributed by atoms with Gasteiger partial charge in [0, 0.05) is 12.1 Å². The minimum Gasteiger partial charge on any atom is -0.481 e. The molecule has 5 nitrogen and oxygen atoms in total. The Morgan fingerprint density at radius 1 is 1.14 bits per heavy atom. The number of nitrogens with one attached hydrogen (secondary N) is 1. The lowest BCUT2D eigenvalue weighted by atomic mass is 10.1. The molecule has 0 aromatic heterocycles. The number of carbonyl (C=O) groups excluding carboxylic acids is 2. The number of primary amides is 1. The molecule has 0 unspecified atom stereocenters. The van der Waals surface area contributed by atoms with Gasteiger partial charge in [0.05, 0.1) is 0 Å². The number of ether oxygens (including phenoxy) is 1. The van der Waals surface area contributed by atoms with Gasteiger partial charge in [-0.2, -0.15) is 0 Å². The zero-order valence-electron chi connectivity index (χ0n) is 11.7. The summed E-state index contributed by atoms with van der Waals surface area (Å²) in [4.78, 5) is 22.7. The van der Waals surface area contributed by atoms with Gasteiger partial charge in [-0.15, -0.1) is 0 Å². The molecule has 0 saturated heterocycles. The molecule has 0 saturated carbocycles. The molecule has 0 spiro atoms. The molecule has 22 heavy (non-hydrogen) atoms.